The van der Waals surface area contributed by atoms with Crippen molar-refractivity contribution >= 4 is 35.1 Å². The number of rotatable bonds is 4. The highest BCUT2D eigenvalue weighted by Crippen LogP contribution is 2.28. The Morgan fingerprint density at radius 3 is 2.83 bits per heavy atom. The molecule has 3 aromatic rings. The molecule has 0 bridgehead atoms. The summed E-state index contributed by atoms with van der Waals surface area (Å²) in [5.74, 6) is -0.472. The monoisotopic (exact) mass is 347 g/mol. The highest BCUT2D eigenvalue weighted by molar-refractivity contribution is 7.13. The van der Waals surface area contributed by atoms with E-state index >= 15 is 0 Å². The molecule has 1 aromatic carbocycles. The van der Waals surface area contributed by atoms with Crippen molar-refractivity contribution in [1.29, 1.82) is 0 Å². The summed E-state index contributed by atoms with van der Waals surface area (Å²) in [5.41, 5.74) is 2.88. The molecule has 3 rings (SSSR count). The van der Waals surface area contributed by atoms with E-state index in [-0.39, 0.29) is 11.6 Å². The first-order chi connectivity index (χ1) is 11.1. The Labute approximate surface area is 140 Å². The molecule has 0 fully saturated rings. The number of hydrazone groups is 1. The number of aromatic hydroxyl groups is 1. The summed E-state index contributed by atoms with van der Waals surface area (Å²) in [5, 5.41) is 15.9. The number of thiophene rings is 1. The Balaban J connectivity index is 1.68. The van der Waals surface area contributed by atoms with E-state index in [4.69, 9.17) is 16.0 Å². The molecule has 0 spiro atoms. The van der Waals surface area contributed by atoms with E-state index in [0.29, 0.717) is 16.5 Å². The second-order valence-electron chi connectivity index (χ2n) is 4.39. The second kappa shape index (κ2) is 6.64. The number of carbonyl (C=O) groups is 1. The Morgan fingerprint density at radius 1 is 1.35 bits per heavy atom. The van der Waals surface area contributed by atoms with E-state index in [0.717, 1.165) is 4.88 Å². The zero-order chi connectivity index (χ0) is 16.2. The van der Waals surface area contributed by atoms with Crippen LogP contribution in [0.2, 0.25) is 5.02 Å². The van der Waals surface area contributed by atoms with Crippen LogP contribution in [0.5, 0.6) is 5.95 Å². The number of nitrogens with one attached hydrogen (secondary N) is 1. The van der Waals surface area contributed by atoms with E-state index in [2.05, 4.69) is 15.5 Å². The zero-order valence-corrected chi connectivity index (χ0v) is 13.1. The first-order valence-electron chi connectivity index (χ1n) is 6.46. The van der Waals surface area contributed by atoms with Crippen molar-refractivity contribution in [3.05, 3.63) is 58.1 Å². The standard InChI is InChI=1S/C15H10ClN3O3S/c16-10-5-3-9(4-6-10)13(20)19-17-8-11-15(21)22-14(18-11)12-2-1-7-23-12/h1-8,21H,(H,19,20)/b17-8-. The van der Waals surface area contributed by atoms with Crippen LogP contribution in [0.1, 0.15) is 16.1 Å². The van der Waals surface area contributed by atoms with Crippen LogP contribution in [0, 0.1) is 0 Å². The third kappa shape index (κ3) is 3.58. The molecule has 0 saturated heterocycles. The van der Waals surface area contributed by atoms with Crippen molar-refractivity contribution in [1.82, 2.24) is 10.4 Å². The Bertz CT molecular complexity index is 841. The normalized spacial score (nSPS) is 11.0. The minimum atomic E-state index is -0.403. The number of halogens is 1. The number of hydrogen-bond donors (Lipinski definition) is 2. The molecule has 8 heteroatoms. The van der Waals surface area contributed by atoms with Crippen molar-refractivity contribution in [2.24, 2.45) is 5.10 Å². The van der Waals surface area contributed by atoms with Gasteiger partial charge in [-0.3, -0.25) is 4.79 Å². The summed E-state index contributed by atoms with van der Waals surface area (Å²) >= 11 is 7.19. The van der Waals surface area contributed by atoms with Gasteiger partial charge in [-0.1, -0.05) is 17.7 Å². The van der Waals surface area contributed by atoms with Gasteiger partial charge in [0.25, 0.3) is 5.91 Å². The number of nitrogens with zero attached hydrogens (tertiary/aromatic N) is 2. The Hall–Kier alpha value is -2.64. The van der Waals surface area contributed by atoms with Gasteiger partial charge in [0.05, 0.1) is 11.1 Å². The van der Waals surface area contributed by atoms with Crippen LogP contribution in [-0.4, -0.2) is 22.2 Å². The molecule has 0 unspecified atom stereocenters. The number of aromatic nitrogens is 1. The fourth-order valence-corrected chi connectivity index (χ4v) is 2.51. The summed E-state index contributed by atoms with van der Waals surface area (Å²) < 4.78 is 5.15. The maximum absolute atomic E-state index is 11.9. The molecule has 0 atom stereocenters. The van der Waals surface area contributed by atoms with Crippen LogP contribution in [0.4, 0.5) is 0 Å². The summed E-state index contributed by atoms with van der Waals surface area (Å²) in [6.45, 7) is 0. The van der Waals surface area contributed by atoms with E-state index < -0.39 is 5.91 Å². The van der Waals surface area contributed by atoms with Gasteiger partial charge in [0.15, 0.2) is 5.69 Å². The molecule has 23 heavy (non-hydrogen) atoms. The van der Waals surface area contributed by atoms with E-state index in [9.17, 15) is 9.90 Å². The molecule has 1 amide bonds. The van der Waals surface area contributed by atoms with Gasteiger partial charge in [-0.25, -0.2) is 10.4 Å². The zero-order valence-electron chi connectivity index (χ0n) is 11.6. The predicted octanol–water partition coefficient (Wildman–Crippen LogP) is 3.53. The van der Waals surface area contributed by atoms with Crippen molar-refractivity contribution in [2.45, 2.75) is 0 Å². The summed E-state index contributed by atoms with van der Waals surface area (Å²) in [6, 6.07) is 10.0. The lowest BCUT2D eigenvalue weighted by atomic mass is 10.2. The third-order valence-corrected chi connectivity index (χ3v) is 3.94. The van der Waals surface area contributed by atoms with Gasteiger partial charge in [0, 0.05) is 10.6 Å². The van der Waals surface area contributed by atoms with Crippen LogP contribution in [-0.2, 0) is 0 Å². The number of amides is 1. The van der Waals surface area contributed by atoms with Crippen molar-refractivity contribution in [2.75, 3.05) is 0 Å². The number of benzene rings is 1. The largest absolute Gasteiger partial charge is 0.479 e. The van der Waals surface area contributed by atoms with E-state index in [1.807, 2.05) is 17.5 Å². The second-order valence-corrected chi connectivity index (χ2v) is 5.78. The summed E-state index contributed by atoms with van der Waals surface area (Å²) in [4.78, 5) is 16.7. The fraction of sp³-hybridized carbons (Fsp3) is 0. The molecule has 2 N–H and O–H groups in total. The lowest BCUT2D eigenvalue weighted by molar-refractivity contribution is 0.0955. The van der Waals surface area contributed by atoms with E-state index in [1.165, 1.54) is 17.6 Å². The molecule has 0 aliphatic heterocycles. The topological polar surface area (TPSA) is 87.7 Å². The molecule has 0 saturated carbocycles. The number of oxazole rings is 1. The molecule has 2 heterocycles. The van der Waals surface area contributed by atoms with Crippen LogP contribution in [0.25, 0.3) is 10.8 Å². The quantitative estimate of drug-likeness (QED) is 0.558. The van der Waals surface area contributed by atoms with Gasteiger partial charge >= 0.3 is 5.95 Å². The van der Waals surface area contributed by atoms with Crippen LogP contribution in [0.3, 0.4) is 0 Å². The van der Waals surface area contributed by atoms with E-state index in [1.54, 1.807) is 24.3 Å². The summed E-state index contributed by atoms with van der Waals surface area (Å²) in [7, 11) is 0. The fourth-order valence-electron chi connectivity index (χ4n) is 1.73. The molecule has 6 nitrogen and oxygen atoms in total. The minimum Gasteiger partial charge on any atom is -0.479 e. The van der Waals surface area contributed by atoms with Gasteiger partial charge in [-0.05, 0) is 35.7 Å². The third-order valence-electron chi connectivity index (χ3n) is 2.83. The van der Waals surface area contributed by atoms with Gasteiger partial charge in [0.2, 0.25) is 5.89 Å². The first-order valence-corrected chi connectivity index (χ1v) is 7.72. The maximum atomic E-state index is 11.9. The lowest BCUT2D eigenvalue weighted by Gasteiger charge is -1.98. The van der Waals surface area contributed by atoms with Gasteiger partial charge in [-0.2, -0.15) is 5.10 Å². The highest BCUT2D eigenvalue weighted by atomic mass is 35.5. The van der Waals surface area contributed by atoms with Crippen molar-refractivity contribution in [3.63, 3.8) is 0 Å². The average Bonchev–Trinajstić information content (AvgIpc) is 3.18. The number of carbonyl (C=O) groups excluding carboxylic acids is 1. The van der Waals surface area contributed by atoms with Gasteiger partial charge in [0.1, 0.15) is 0 Å². The Morgan fingerprint density at radius 2 is 2.13 bits per heavy atom. The predicted molar refractivity (Wildman–Crippen MR) is 88.0 cm³/mol. The molecule has 116 valence electrons. The van der Waals surface area contributed by atoms with Crippen molar-refractivity contribution in [3.8, 4) is 16.7 Å². The average molecular weight is 348 g/mol. The van der Waals surface area contributed by atoms with Crippen LogP contribution in [0.15, 0.2) is 51.3 Å². The molecule has 0 radical (unpaired) electrons. The van der Waals surface area contributed by atoms with Gasteiger partial charge < -0.3 is 9.52 Å². The molecular weight excluding hydrogens is 338 g/mol. The molecule has 0 aliphatic rings. The first kappa shape index (κ1) is 15.3. The van der Waals surface area contributed by atoms with Crippen LogP contribution >= 0.6 is 22.9 Å². The minimum absolute atomic E-state index is 0.129. The lowest BCUT2D eigenvalue weighted by Crippen LogP contribution is -2.17. The van der Waals surface area contributed by atoms with Crippen molar-refractivity contribution < 1.29 is 14.3 Å². The highest BCUT2D eigenvalue weighted by Gasteiger charge is 2.13. The Kier molecular flexibility index (Phi) is 4.40. The molecule has 2 aromatic heterocycles. The SMILES string of the molecule is O=C(N/N=C\c1nc(-c2cccs2)oc1O)c1ccc(Cl)cc1. The van der Waals surface area contributed by atoms with Crippen LogP contribution < -0.4 is 5.43 Å². The van der Waals surface area contributed by atoms with Gasteiger partial charge in [-0.15, -0.1) is 11.3 Å². The molecular formula is C15H10ClN3O3S. The molecule has 0 aliphatic carbocycles. The summed E-state index contributed by atoms with van der Waals surface area (Å²) in [6.07, 6.45) is 1.21. The number of hydrogen-bond acceptors (Lipinski definition) is 6. The smallest absolute Gasteiger partial charge is 0.312 e. The maximum Gasteiger partial charge on any atom is 0.312 e.